The van der Waals surface area contributed by atoms with Gasteiger partial charge in [0, 0.05) is 19.3 Å². The number of esters is 3. The molecule has 5 unspecified atom stereocenters. The number of rotatable bonds is 93. The van der Waals surface area contributed by atoms with E-state index in [0.29, 0.717) is 19.3 Å². The van der Waals surface area contributed by atoms with Gasteiger partial charge in [-0.15, -0.1) is 0 Å². The summed E-state index contributed by atoms with van der Waals surface area (Å²) in [5.74, 6) is -1.58. The zero-order valence-corrected chi connectivity index (χ0v) is 80.7. The number of hydrogen-bond donors (Lipinski definition) is 4. The van der Waals surface area contributed by atoms with Crippen LogP contribution in [0.15, 0.2) is 194 Å². The Morgan fingerprint density at radius 2 is 0.424 bits per heavy atom. The van der Waals surface area contributed by atoms with E-state index in [1.807, 2.05) is 0 Å². The van der Waals surface area contributed by atoms with Gasteiger partial charge in [0.05, 0.1) is 26.4 Å². The molecule has 0 aromatic rings. The summed E-state index contributed by atoms with van der Waals surface area (Å²) < 4.78 is 61.6. The quantitative estimate of drug-likeness (QED) is 0.0146. The smallest absolute Gasteiger partial charge is 0.463 e. The van der Waals surface area contributed by atoms with Crippen LogP contribution in [0.1, 0.15) is 406 Å². The number of phosphoric ester groups is 2. The molecule has 0 aliphatic rings. The van der Waals surface area contributed by atoms with E-state index in [-0.39, 0.29) is 19.3 Å². The Balaban J connectivity index is 4.62. The number of carbonyl (C=O) groups excluding carboxylic acids is 3. The van der Waals surface area contributed by atoms with E-state index in [1.54, 1.807) is 0 Å². The Morgan fingerprint density at radius 1 is 0.232 bits per heavy atom. The van der Waals surface area contributed by atoms with Crippen LogP contribution in [0.4, 0.5) is 0 Å². The number of aliphatic hydroxyl groups is 2. The highest BCUT2D eigenvalue weighted by Gasteiger charge is 2.30. The predicted octanol–water partition coefficient (Wildman–Crippen LogP) is 31.3. The van der Waals surface area contributed by atoms with Gasteiger partial charge in [-0.1, -0.05) is 414 Å². The maximum absolute atomic E-state index is 13.1. The first kappa shape index (κ1) is 119. The first-order valence-electron chi connectivity index (χ1n) is 49.7. The summed E-state index contributed by atoms with van der Waals surface area (Å²) in [5.41, 5.74) is 0. The zero-order valence-electron chi connectivity index (χ0n) is 79.0. The highest BCUT2D eigenvalue weighted by atomic mass is 31.2. The van der Waals surface area contributed by atoms with Gasteiger partial charge in [-0.05, 0) is 167 Å². The van der Waals surface area contributed by atoms with E-state index < -0.39 is 91.5 Å². The third-order valence-corrected chi connectivity index (χ3v) is 22.7. The lowest BCUT2D eigenvalue weighted by Crippen LogP contribution is -2.30. The van der Waals surface area contributed by atoms with Gasteiger partial charge >= 0.3 is 33.6 Å². The van der Waals surface area contributed by atoms with Gasteiger partial charge in [0.15, 0.2) is 6.10 Å². The molecule has 16 nitrogen and oxygen atoms in total. The highest BCUT2D eigenvalue weighted by Crippen LogP contribution is 2.45. The molecule has 0 aliphatic heterocycles. The molecule has 714 valence electrons. The minimum atomic E-state index is -4.95. The van der Waals surface area contributed by atoms with Gasteiger partial charge in [-0.25, -0.2) is 9.13 Å². The number of phosphoric acid groups is 2. The molecule has 125 heavy (non-hydrogen) atoms. The van der Waals surface area contributed by atoms with Gasteiger partial charge < -0.3 is 34.2 Å². The van der Waals surface area contributed by atoms with Crippen molar-refractivity contribution in [2.45, 2.75) is 424 Å². The first-order valence-corrected chi connectivity index (χ1v) is 52.7. The summed E-state index contributed by atoms with van der Waals surface area (Å²) in [4.78, 5) is 59.2. The fourth-order valence-electron chi connectivity index (χ4n) is 13.3. The van der Waals surface area contributed by atoms with Crippen molar-refractivity contribution >= 4 is 33.6 Å². The largest absolute Gasteiger partial charge is 0.472 e. The van der Waals surface area contributed by atoms with Crippen LogP contribution in [0.2, 0.25) is 0 Å². The molecular weight excluding hydrogens is 1600 g/mol. The van der Waals surface area contributed by atoms with Crippen molar-refractivity contribution in [2.24, 2.45) is 0 Å². The lowest BCUT2D eigenvalue weighted by atomic mass is 10.0. The van der Waals surface area contributed by atoms with Crippen LogP contribution in [0, 0.1) is 0 Å². The molecule has 18 heteroatoms. The second kappa shape index (κ2) is 97.4. The van der Waals surface area contributed by atoms with E-state index in [0.717, 1.165) is 186 Å². The number of hydrogen-bond acceptors (Lipinski definition) is 14. The summed E-state index contributed by atoms with van der Waals surface area (Å²) in [6.07, 6.45) is 130. The van der Waals surface area contributed by atoms with E-state index in [2.05, 4.69) is 215 Å². The van der Waals surface area contributed by atoms with Crippen molar-refractivity contribution in [1.29, 1.82) is 0 Å². The van der Waals surface area contributed by atoms with Crippen molar-refractivity contribution in [3.63, 3.8) is 0 Å². The van der Waals surface area contributed by atoms with E-state index in [1.165, 1.54) is 161 Å². The van der Waals surface area contributed by atoms with E-state index in [9.17, 15) is 43.5 Å². The van der Waals surface area contributed by atoms with Crippen molar-refractivity contribution in [3.8, 4) is 0 Å². The fraction of sp³-hybridized carbons (Fsp3) is 0.673. The van der Waals surface area contributed by atoms with E-state index in [4.69, 9.17) is 32.3 Å². The molecule has 0 rings (SSSR count). The van der Waals surface area contributed by atoms with Crippen LogP contribution >= 0.6 is 15.6 Å². The molecule has 0 bridgehead atoms. The normalized spacial score (nSPS) is 14.5. The maximum atomic E-state index is 13.1. The highest BCUT2D eigenvalue weighted by molar-refractivity contribution is 7.47. The summed E-state index contributed by atoms with van der Waals surface area (Å²) >= 11 is 0. The van der Waals surface area contributed by atoms with Crippen LogP contribution in [-0.4, -0.2) is 95.9 Å². The second-order valence-electron chi connectivity index (χ2n) is 32.8. The Kier molecular flexibility index (Phi) is 93.1. The Morgan fingerprint density at radius 3 is 0.672 bits per heavy atom. The number of carbonyl (C=O) groups is 3. The van der Waals surface area contributed by atoms with Crippen LogP contribution < -0.4 is 0 Å². The molecule has 0 aromatic carbocycles. The predicted molar refractivity (Wildman–Crippen MR) is 528 cm³/mol. The minimum absolute atomic E-state index is 0.0924. The second-order valence-corrected chi connectivity index (χ2v) is 35.7. The van der Waals surface area contributed by atoms with Gasteiger partial charge in [-0.2, -0.15) is 0 Å². The zero-order chi connectivity index (χ0) is 90.7. The van der Waals surface area contributed by atoms with Crippen LogP contribution in [-0.2, 0) is 55.8 Å². The fourth-order valence-corrected chi connectivity index (χ4v) is 14.9. The Hall–Kier alpha value is -5.61. The summed E-state index contributed by atoms with van der Waals surface area (Å²) in [6, 6.07) is 0. The standard InChI is InChI=1S/C107H180O16P2/c1-4-7-10-13-16-19-22-25-28-31-34-37-40-43-45-47-49-50-52-54-55-58-60-63-66-69-72-75-78-81-84-87-90-93-105(110)117-96-102(108)97-119-124(113,114)120-98-103(109)99-121-125(115,116)122-101-104(123-107(112)95-92-89-86-83-80-77-74-71-68-65-62-57-42-39-36-33-30-27-24-21-18-15-12-9-6-3)100-118-106(111)94-91-88-85-82-79-76-73-70-67-64-61-59-56-53-51-48-46-44-41-38-35-32-29-26-23-20-17-14-11-8-5-2/h7-8,10-11,16-21,25-30,34-39,43-46,49-51,53,57,62,102-104,108-109H,4-6,9,12-15,22-24,31-33,40-42,47-48,52,54-56,58-61,63-101H2,1-3H3,(H,113,114)(H,115,116)/b10-7-,11-8-,19-16-,20-17-,21-18-,28-25-,29-26-,30-27-,37-34-,38-35-,39-36-,45-43-,46-44-,50-49-,53-51-,62-57-. The molecule has 0 heterocycles. The minimum Gasteiger partial charge on any atom is -0.463 e. The molecule has 5 atom stereocenters. The third-order valence-electron chi connectivity index (χ3n) is 20.8. The number of allylic oxidation sites excluding steroid dienone is 32. The average molecular weight is 1780 g/mol. The lowest BCUT2D eigenvalue weighted by molar-refractivity contribution is -0.161. The van der Waals surface area contributed by atoms with Crippen LogP contribution in [0.25, 0.3) is 0 Å². The molecule has 0 spiro atoms. The average Bonchev–Trinajstić information content (AvgIpc) is 0.902. The van der Waals surface area contributed by atoms with Crippen molar-refractivity contribution in [1.82, 2.24) is 0 Å². The molecule has 0 saturated heterocycles. The monoisotopic (exact) mass is 1780 g/mol. The van der Waals surface area contributed by atoms with Crippen LogP contribution in [0.3, 0.4) is 0 Å². The van der Waals surface area contributed by atoms with Crippen molar-refractivity contribution in [2.75, 3.05) is 39.6 Å². The topological polar surface area (TPSA) is 231 Å². The van der Waals surface area contributed by atoms with Gasteiger partial charge in [0.1, 0.15) is 25.4 Å². The molecule has 0 fully saturated rings. The summed E-state index contributed by atoms with van der Waals surface area (Å²) in [6.45, 7) is 2.47. The van der Waals surface area contributed by atoms with Gasteiger partial charge in [0.25, 0.3) is 0 Å². The summed E-state index contributed by atoms with van der Waals surface area (Å²) in [7, 11) is -9.82. The molecule has 0 aromatic heterocycles. The van der Waals surface area contributed by atoms with Crippen LogP contribution in [0.5, 0.6) is 0 Å². The molecule has 0 radical (unpaired) electrons. The van der Waals surface area contributed by atoms with Gasteiger partial charge in [0.2, 0.25) is 0 Å². The van der Waals surface area contributed by atoms with Crippen molar-refractivity contribution in [3.05, 3.63) is 194 Å². The number of unbranched alkanes of at least 4 members (excludes halogenated alkanes) is 38. The molecule has 0 amide bonds. The summed E-state index contributed by atoms with van der Waals surface area (Å²) in [5, 5.41) is 20.8. The van der Waals surface area contributed by atoms with Crippen molar-refractivity contribution < 1.29 is 75.8 Å². The SMILES string of the molecule is CC/C=C\C/C=C\C/C=C\C/C=C\C/C=C\C/C=C\CCCCCCCCCCCCCCCCC(=O)OCC(O)COP(=O)(O)OCC(O)COP(=O)(O)OCC(COC(=O)CCCCCCCCCCCCCC/C=C\C/C=C\C/C=C\C/C=C\C/C=C\C/C=C\CC)OC(=O)CCCCCCCCCCC/C=C\C/C=C\C/C=C\C/C=C\CCCCC. The lowest BCUT2D eigenvalue weighted by Gasteiger charge is -2.21. The van der Waals surface area contributed by atoms with E-state index >= 15 is 0 Å². The van der Waals surface area contributed by atoms with Gasteiger partial charge in [-0.3, -0.25) is 32.5 Å². The number of ether oxygens (including phenoxy) is 3. The number of aliphatic hydroxyl groups excluding tert-OH is 2. The Bertz CT molecular complexity index is 3050. The molecule has 0 aliphatic carbocycles. The molecular formula is C107H180O16P2. The first-order chi connectivity index (χ1) is 61.2. The Labute approximate surface area is 763 Å². The third kappa shape index (κ3) is 98.8. The molecule has 0 saturated carbocycles. The maximum Gasteiger partial charge on any atom is 0.472 e. The molecule has 4 N–H and O–H groups in total.